The lowest BCUT2D eigenvalue weighted by atomic mass is 10.1. The normalized spacial score (nSPS) is 14.4. The minimum Gasteiger partial charge on any atom is -0.489 e. The Hall–Kier alpha value is -0.770. The van der Waals surface area contributed by atoms with Gasteiger partial charge in [-0.15, -0.1) is 0 Å². The van der Waals surface area contributed by atoms with Crippen molar-refractivity contribution in [2.24, 2.45) is 0 Å². The van der Waals surface area contributed by atoms with Crippen LogP contribution in [0.3, 0.4) is 0 Å². The van der Waals surface area contributed by atoms with Crippen LogP contribution in [0.1, 0.15) is 25.8 Å². The molecule has 4 heteroatoms. The van der Waals surface area contributed by atoms with Crippen molar-refractivity contribution in [2.45, 2.75) is 32.4 Å². The second kappa shape index (κ2) is 6.24. The number of ether oxygens (including phenoxy) is 1. The van der Waals surface area contributed by atoms with Crippen molar-refractivity contribution in [1.29, 1.82) is 0 Å². The summed E-state index contributed by atoms with van der Waals surface area (Å²) >= 11 is 6.10. The molecule has 0 fully saturated rings. The van der Waals surface area contributed by atoms with Crippen LogP contribution in [0.5, 0.6) is 5.75 Å². The summed E-state index contributed by atoms with van der Waals surface area (Å²) in [6.45, 7) is 4.68. The van der Waals surface area contributed by atoms with Gasteiger partial charge in [0.2, 0.25) is 0 Å². The Labute approximate surface area is 108 Å². The molecule has 0 saturated carbocycles. The summed E-state index contributed by atoms with van der Waals surface area (Å²) in [5.41, 5.74) is 0.291. The molecule has 1 unspecified atom stereocenters. The largest absolute Gasteiger partial charge is 0.489 e. The van der Waals surface area contributed by atoms with E-state index in [0.717, 1.165) is 12.1 Å². The molecule has 17 heavy (non-hydrogen) atoms. The molecule has 1 aromatic rings. The minimum absolute atomic E-state index is 0.245. The highest BCUT2D eigenvalue weighted by Gasteiger charge is 2.19. The van der Waals surface area contributed by atoms with Crippen LogP contribution in [0.4, 0.5) is 0 Å². The average molecular weight is 258 g/mol. The summed E-state index contributed by atoms with van der Waals surface area (Å²) in [6, 6.07) is 5.66. The molecule has 0 aliphatic carbocycles. The summed E-state index contributed by atoms with van der Waals surface area (Å²) < 4.78 is 5.52. The van der Waals surface area contributed by atoms with Crippen molar-refractivity contribution in [2.75, 3.05) is 13.7 Å². The van der Waals surface area contributed by atoms with E-state index in [1.807, 2.05) is 32.2 Å². The maximum Gasteiger partial charge on any atom is 0.138 e. The quantitative estimate of drug-likeness (QED) is 0.823. The van der Waals surface area contributed by atoms with E-state index in [0.29, 0.717) is 17.2 Å². The maximum atomic E-state index is 9.84. The SMILES string of the molecule is CCC(C)(O)COc1ccc(CNC)cc1Cl. The number of aliphatic hydroxyl groups is 1. The fourth-order valence-corrected chi connectivity index (χ4v) is 1.57. The van der Waals surface area contributed by atoms with Gasteiger partial charge in [-0.05, 0) is 38.1 Å². The first-order chi connectivity index (χ1) is 7.98. The first-order valence-corrected chi connectivity index (χ1v) is 6.14. The van der Waals surface area contributed by atoms with Crippen LogP contribution in [-0.4, -0.2) is 24.4 Å². The van der Waals surface area contributed by atoms with Crippen LogP contribution in [0, 0.1) is 0 Å². The van der Waals surface area contributed by atoms with E-state index < -0.39 is 5.60 Å². The smallest absolute Gasteiger partial charge is 0.138 e. The number of hydrogen-bond donors (Lipinski definition) is 2. The Kier molecular flexibility index (Phi) is 5.25. The zero-order valence-electron chi connectivity index (χ0n) is 10.6. The highest BCUT2D eigenvalue weighted by molar-refractivity contribution is 6.32. The molecule has 0 bridgehead atoms. The monoisotopic (exact) mass is 257 g/mol. The third-order valence-electron chi connectivity index (χ3n) is 2.68. The fourth-order valence-electron chi connectivity index (χ4n) is 1.31. The van der Waals surface area contributed by atoms with Gasteiger partial charge < -0.3 is 15.2 Å². The number of benzene rings is 1. The Morgan fingerprint density at radius 2 is 2.18 bits per heavy atom. The first-order valence-electron chi connectivity index (χ1n) is 5.76. The van der Waals surface area contributed by atoms with E-state index in [9.17, 15) is 5.11 Å². The molecule has 0 radical (unpaired) electrons. The van der Waals surface area contributed by atoms with Crippen LogP contribution in [-0.2, 0) is 6.54 Å². The van der Waals surface area contributed by atoms with Gasteiger partial charge in [0, 0.05) is 6.54 Å². The summed E-state index contributed by atoms with van der Waals surface area (Å²) in [6.07, 6.45) is 0.641. The van der Waals surface area contributed by atoms with Crippen LogP contribution < -0.4 is 10.1 Å². The van der Waals surface area contributed by atoms with Crippen molar-refractivity contribution in [3.63, 3.8) is 0 Å². The Bertz CT molecular complexity index is 366. The van der Waals surface area contributed by atoms with Crippen molar-refractivity contribution < 1.29 is 9.84 Å². The van der Waals surface area contributed by atoms with E-state index in [1.165, 1.54) is 0 Å². The Balaban J connectivity index is 2.66. The van der Waals surface area contributed by atoms with Crippen molar-refractivity contribution in [3.8, 4) is 5.75 Å². The second-order valence-electron chi connectivity index (χ2n) is 4.43. The van der Waals surface area contributed by atoms with E-state index in [-0.39, 0.29) is 6.61 Å². The summed E-state index contributed by atoms with van der Waals surface area (Å²) in [5.74, 6) is 0.611. The molecular formula is C13H20ClNO2. The summed E-state index contributed by atoms with van der Waals surface area (Å²) in [4.78, 5) is 0. The zero-order valence-corrected chi connectivity index (χ0v) is 11.3. The third kappa shape index (κ3) is 4.54. The predicted molar refractivity (Wildman–Crippen MR) is 70.6 cm³/mol. The Morgan fingerprint density at radius 3 is 2.71 bits per heavy atom. The molecule has 0 spiro atoms. The van der Waals surface area contributed by atoms with Gasteiger partial charge in [-0.2, -0.15) is 0 Å². The molecular weight excluding hydrogens is 238 g/mol. The van der Waals surface area contributed by atoms with Gasteiger partial charge in [0.1, 0.15) is 12.4 Å². The maximum absolute atomic E-state index is 9.84. The molecule has 96 valence electrons. The molecule has 0 amide bonds. The van der Waals surface area contributed by atoms with E-state index in [2.05, 4.69) is 5.32 Å². The van der Waals surface area contributed by atoms with Crippen LogP contribution in [0.2, 0.25) is 5.02 Å². The van der Waals surface area contributed by atoms with E-state index in [4.69, 9.17) is 16.3 Å². The van der Waals surface area contributed by atoms with Crippen molar-refractivity contribution >= 4 is 11.6 Å². The number of hydrogen-bond acceptors (Lipinski definition) is 3. The molecule has 0 aliphatic heterocycles. The van der Waals surface area contributed by atoms with Gasteiger partial charge in [0.05, 0.1) is 10.6 Å². The third-order valence-corrected chi connectivity index (χ3v) is 2.97. The van der Waals surface area contributed by atoms with Crippen molar-refractivity contribution in [1.82, 2.24) is 5.32 Å². The highest BCUT2D eigenvalue weighted by atomic mass is 35.5. The molecule has 1 atom stereocenters. The van der Waals surface area contributed by atoms with Crippen molar-refractivity contribution in [3.05, 3.63) is 28.8 Å². The highest BCUT2D eigenvalue weighted by Crippen LogP contribution is 2.26. The second-order valence-corrected chi connectivity index (χ2v) is 4.84. The van der Waals surface area contributed by atoms with Gasteiger partial charge in [0.25, 0.3) is 0 Å². The molecule has 0 aliphatic rings. The fraction of sp³-hybridized carbons (Fsp3) is 0.538. The first kappa shape index (κ1) is 14.3. The Morgan fingerprint density at radius 1 is 1.47 bits per heavy atom. The van der Waals surface area contributed by atoms with Crippen LogP contribution >= 0.6 is 11.6 Å². The molecule has 0 saturated heterocycles. The topological polar surface area (TPSA) is 41.5 Å². The lowest BCUT2D eigenvalue weighted by molar-refractivity contribution is 0.00850. The van der Waals surface area contributed by atoms with Gasteiger partial charge in [0.15, 0.2) is 0 Å². The number of rotatable bonds is 6. The van der Waals surface area contributed by atoms with E-state index >= 15 is 0 Å². The average Bonchev–Trinajstić information content (AvgIpc) is 2.28. The van der Waals surface area contributed by atoms with Gasteiger partial charge >= 0.3 is 0 Å². The van der Waals surface area contributed by atoms with E-state index in [1.54, 1.807) is 6.92 Å². The summed E-state index contributed by atoms with van der Waals surface area (Å²) in [7, 11) is 1.89. The number of nitrogens with one attached hydrogen (secondary N) is 1. The molecule has 1 rings (SSSR count). The molecule has 0 aromatic heterocycles. The standard InChI is InChI=1S/C13H20ClNO2/c1-4-13(2,16)9-17-12-6-5-10(8-15-3)7-11(12)14/h5-7,15-16H,4,8-9H2,1-3H3. The molecule has 0 heterocycles. The summed E-state index contributed by atoms with van der Waals surface area (Å²) in [5, 5.41) is 13.5. The lowest BCUT2D eigenvalue weighted by Gasteiger charge is -2.22. The van der Waals surface area contributed by atoms with Gasteiger partial charge in [-0.1, -0.05) is 24.6 Å². The lowest BCUT2D eigenvalue weighted by Crippen LogP contribution is -2.31. The molecule has 1 aromatic carbocycles. The molecule has 3 nitrogen and oxygen atoms in total. The van der Waals surface area contributed by atoms with Crippen LogP contribution in [0.25, 0.3) is 0 Å². The molecule has 2 N–H and O–H groups in total. The number of halogens is 1. The van der Waals surface area contributed by atoms with Gasteiger partial charge in [-0.3, -0.25) is 0 Å². The van der Waals surface area contributed by atoms with Gasteiger partial charge in [-0.25, -0.2) is 0 Å². The minimum atomic E-state index is -0.813. The zero-order chi connectivity index (χ0) is 12.9. The predicted octanol–water partition coefficient (Wildman–Crippen LogP) is 2.60. The van der Waals surface area contributed by atoms with Crippen LogP contribution in [0.15, 0.2) is 18.2 Å².